The van der Waals surface area contributed by atoms with Gasteiger partial charge in [0.1, 0.15) is 11.4 Å². The van der Waals surface area contributed by atoms with Crippen molar-refractivity contribution >= 4 is 17.5 Å². The Morgan fingerprint density at radius 2 is 1.82 bits per heavy atom. The highest BCUT2D eigenvalue weighted by Crippen LogP contribution is 2.23. The molecule has 0 saturated carbocycles. The van der Waals surface area contributed by atoms with Gasteiger partial charge in [-0.15, -0.1) is 0 Å². The number of para-hydroxylation sites is 1. The van der Waals surface area contributed by atoms with Crippen molar-refractivity contribution in [2.75, 3.05) is 7.11 Å². The van der Waals surface area contributed by atoms with Crippen LogP contribution in [0.15, 0.2) is 72.9 Å². The molecule has 28 heavy (non-hydrogen) atoms. The van der Waals surface area contributed by atoms with Crippen LogP contribution in [-0.4, -0.2) is 28.9 Å². The first kappa shape index (κ1) is 19.9. The average Bonchev–Trinajstić information content (AvgIpc) is 2.72. The van der Waals surface area contributed by atoms with Crippen LogP contribution in [0.1, 0.15) is 28.5 Å². The van der Waals surface area contributed by atoms with Crippen molar-refractivity contribution in [3.8, 4) is 5.75 Å². The van der Waals surface area contributed by atoms with E-state index in [1.54, 1.807) is 25.4 Å². The van der Waals surface area contributed by atoms with Gasteiger partial charge in [0.05, 0.1) is 7.11 Å². The van der Waals surface area contributed by atoms with Crippen LogP contribution in [0.2, 0.25) is 5.02 Å². The van der Waals surface area contributed by atoms with E-state index in [0.29, 0.717) is 23.7 Å². The molecule has 0 saturated heterocycles. The van der Waals surface area contributed by atoms with Crippen molar-refractivity contribution in [2.24, 2.45) is 0 Å². The summed E-state index contributed by atoms with van der Waals surface area (Å²) >= 11 is 6.08. The Balaban J connectivity index is 1.89. The molecule has 2 aromatic carbocycles. The number of amides is 1. The molecule has 1 atom stereocenters. The highest BCUT2D eigenvalue weighted by molar-refractivity contribution is 6.30. The Kier molecular flexibility index (Phi) is 6.66. The molecule has 0 radical (unpaired) electrons. The van der Waals surface area contributed by atoms with Crippen LogP contribution in [0.4, 0.5) is 0 Å². The van der Waals surface area contributed by atoms with Gasteiger partial charge >= 0.3 is 0 Å². The summed E-state index contributed by atoms with van der Waals surface area (Å²) in [4.78, 5) is 19.3. The predicted octanol–water partition coefficient (Wildman–Crippen LogP) is 5.02. The number of benzene rings is 2. The molecule has 0 N–H and O–H groups in total. The van der Waals surface area contributed by atoms with Crippen molar-refractivity contribution in [3.05, 3.63) is 94.8 Å². The molecule has 4 nitrogen and oxygen atoms in total. The molecule has 1 aromatic heterocycles. The summed E-state index contributed by atoms with van der Waals surface area (Å²) in [7, 11) is 1.66. The standard InChI is InChI=1S/C23H23ClN2O2/c1-17(14-19-10-6-7-11-22(19)28-2)26(16-18-8-4-3-5-9-18)23(27)21-15-20(24)12-13-25-21/h3-13,15,17H,14,16H2,1-2H3. The second-order valence-corrected chi connectivity index (χ2v) is 7.08. The Hall–Kier alpha value is -2.85. The number of pyridine rings is 1. The second-order valence-electron chi connectivity index (χ2n) is 6.64. The highest BCUT2D eigenvalue weighted by atomic mass is 35.5. The third-order valence-electron chi connectivity index (χ3n) is 4.64. The van der Waals surface area contributed by atoms with Gasteiger partial charge in [0.25, 0.3) is 5.91 Å². The quantitative estimate of drug-likeness (QED) is 0.565. The summed E-state index contributed by atoms with van der Waals surface area (Å²) in [5.74, 6) is 0.677. The first-order valence-corrected chi connectivity index (χ1v) is 9.54. The maximum Gasteiger partial charge on any atom is 0.273 e. The largest absolute Gasteiger partial charge is 0.496 e. The van der Waals surface area contributed by atoms with Crippen LogP contribution in [0.25, 0.3) is 0 Å². The van der Waals surface area contributed by atoms with E-state index in [9.17, 15) is 4.79 Å². The number of ether oxygens (including phenoxy) is 1. The number of carbonyl (C=O) groups excluding carboxylic acids is 1. The third-order valence-corrected chi connectivity index (χ3v) is 4.87. The van der Waals surface area contributed by atoms with E-state index >= 15 is 0 Å². The van der Waals surface area contributed by atoms with Gasteiger partial charge in [-0.3, -0.25) is 9.78 Å². The molecule has 0 aliphatic rings. The van der Waals surface area contributed by atoms with Crippen molar-refractivity contribution < 1.29 is 9.53 Å². The van der Waals surface area contributed by atoms with Gasteiger partial charge in [0, 0.05) is 23.8 Å². The van der Waals surface area contributed by atoms with Crippen LogP contribution in [0.3, 0.4) is 0 Å². The van der Waals surface area contributed by atoms with Crippen molar-refractivity contribution in [1.82, 2.24) is 9.88 Å². The van der Waals surface area contributed by atoms with Crippen molar-refractivity contribution in [3.63, 3.8) is 0 Å². The van der Waals surface area contributed by atoms with Crippen LogP contribution in [0.5, 0.6) is 5.75 Å². The molecular weight excluding hydrogens is 372 g/mol. The predicted molar refractivity (Wildman–Crippen MR) is 112 cm³/mol. The van der Waals surface area contributed by atoms with Gasteiger partial charge in [0.15, 0.2) is 0 Å². The number of carbonyl (C=O) groups is 1. The molecule has 1 unspecified atom stereocenters. The van der Waals surface area contributed by atoms with Gasteiger partial charge < -0.3 is 9.64 Å². The molecule has 0 aliphatic heterocycles. The summed E-state index contributed by atoms with van der Waals surface area (Å²) in [6, 6.07) is 21.0. The molecule has 0 bridgehead atoms. The number of hydrogen-bond acceptors (Lipinski definition) is 3. The first-order valence-electron chi connectivity index (χ1n) is 9.17. The van der Waals surface area contributed by atoms with Gasteiger partial charge in [-0.05, 0) is 42.7 Å². The molecular formula is C23H23ClN2O2. The minimum absolute atomic E-state index is 0.0650. The van der Waals surface area contributed by atoms with Gasteiger partial charge in [-0.2, -0.15) is 0 Å². The lowest BCUT2D eigenvalue weighted by molar-refractivity contribution is 0.0668. The monoisotopic (exact) mass is 394 g/mol. The van der Waals surface area contributed by atoms with E-state index in [-0.39, 0.29) is 11.9 Å². The van der Waals surface area contributed by atoms with E-state index < -0.39 is 0 Å². The fourth-order valence-corrected chi connectivity index (χ4v) is 3.34. The Morgan fingerprint density at radius 3 is 2.54 bits per heavy atom. The average molecular weight is 395 g/mol. The van der Waals surface area contributed by atoms with E-state index in [4.69, 9.17) is 16.3 Å². The normalized spacial score (nSPS) is 11.7. The van der Waals surface area contributed by atoms with Gasteiger partial charge in [-0.1, -0.05) is 60.1 Å². The summed E-state index contributed by atoms with van der Waals surface area (Å²) < 4.78 is 5.47. The molecule has 5 heteroatoms. The lowest BCUT2D eigenvalue weighted by atomic mass is 10.0. The maximum absolute atomic E-state index is 13.3. The van der Waals surface area contributed by atoms with Crippen LogP contribution < -0.4 is 4.74 Å². The number of rotatable bonds is 7. The molecule has 3 aromatic rings. The topological polar surface area (TPSA) is 42.4 Å². The molecule has 0 spiro atoms. The van der Waals surface area contributed by atoms with Crippen LogP contribution in [-0.2, 0) is 13.0 Å². The van der Waals surface area contributed by atoms with E-state index in [1.165, 1.54) is 0 Å². The maximum atomic E-state index is 13.3. The van der Waals surface area contributed by atoms with Crippen LogP contribution in [0, 0.1) is 0 Å². The fourth-order valence-electron chi connectivity index (χ4n) is 3.18. The molecule has 1 heterocycles. The Bertz CT molecular complexity index is 931. The zero-order valence-electron chi connectivity index (χ0n) is 16.0. The number of nitrogens with zero attached hydrogens (tertiary/aromatic N) is 2. The molecule has 1 amide bonds. The zero-order chi connectivity index (χ0) is 19.9. The number of hydrogen-bond donors (Lipinski definition) is 0. The molecule has 3 rings (SSSR count). The second kappa shape index (κ2) is 9.38. The summed E-state index contributed by atoms with van der Waals surface area (Å²) in [5.41, 5.74) is 2.46. The SMILES string of the molecule is COc1ccccc1CC(C)N(Cc1ccccc1)C(=O)c1cc(Cl)ccn1. The molecule has 144 valence electrons. The summed E-state index contributed by atoms with van der Waals surface area (Å²) in [6.07, 6.45) is 2.23. The van der Waals surface area contributed by atoms with Gasteiger partial charge in [0.2, 0.25) is 0 Å². The number of halogens is 1. The zero-order valence-corrected chi connectivity index (χ0v) is 16.8. The van der Waals surface area contributed by atoms with E-state index in [2.05, 4.69) is 4.98 Å². The smallest absolute Gasteiger partial charge is 0.273 e. The molecule has 0 fully saturated rings. The minimum atomic E-state index is -0.145. The van der Waals surface area contributed by atoms with Crippen LogP contribution >= 0.6 is 11.6 Å². The van der Waals surface area contributed by atoms with Crippen molar-refractivity contribution in [2.45, 2.75) is 25.9 Å². The van der Waals surface area contributed by atoms with E-state index in [1.807, 2.05) is 66.4 Å². The third kappa shape index (κ3) is 4.90. The summed E-state index contributed by atoms with van der Waals surface area (Å²) in [6.45, 7) is 2.53. The fraction of sp³-hybridized carbons (Fsp3) is 0.217. The van der Waals surface area contributed by atoms with E-state index in [0.717, 1.165) is 16.9 Å². The lowest BCUT2D eigenvalue weighted by Gasteiger charge is -2.30. The first-order chi connectivity index (χ1) is 13.6. The number of aromatic nitrogens is 1. The number of methoxy groups -OCH3 is 1. The minimum Gasteiger partial charge on any atom is -0.496 e. The van der Waals surface area contributed by atoms with Crippen molar-refractivity contribution in [1.29, 1.82) is 0 Å². The Morgan fingerprint density at radius 1 is 1.11 bits per heavy atom. The summed E-state index contributed by atoms with van der Waals surface area (Å²) in [5, 5.41) is 0.496. The van der Waals surface area contributed by atoms with Gasteiger partial charge in [-0.25, -0.2) is 0 Å². The highest BCUT2D eigenvalue weighted by Gasteiger charge is 2.24. The Labute approximate surface area is 170 Å². The lowest BCUT2D eigenvalue weighted by Crippen LogP contribution is -2.39. The molecule has 0 aliphatic carbocycles.